The molecule has 0 aliphatic heterocycles. The molecule has 4 heteroatoms. The van der Waals surface area contributed by atoms with Crippen LogP contribution in [0.25, 0.3) is 10.9 Å². The van der Waals surface area contributed by atoms with Crippen LogP contribution in [0.3, 0.4) is 0 Å². The van der Waals surface area contributed by atoms with E-state index in [-0.39, 0.29) is 10.6 Å². The van der Waals surface area contributed by atoms with E-state index in [1.165, 1.54) is 0 Å². The number of para-hydroxylation sites is 1. The van der Waals surface area contributed by atoms with Gasteiger partial charge in [-0.05, 0) is 19.1 Å². The zero-order chi connectivity index (χ0) is 10.3. The highest BCUT2D eigenvalue weighted by Gasteiger charge is 2.20. The second kappa shape index (κ2) is 2.83. The lowest BCUT2D eigenvalue weighted by atomic mass is 10.2. The summed E-state index contributed by atoms with van der Waals surface area (Å²) in [5.74, 6) is 0. The van der Waals surface area contributed by atoms with Crippen LogP contribution in [0.15, 0.2) is 24.3 Å². The van der Waals surface area contributed by atoms with Crippen molar-refractivity contribution in [3.63, 3.8) is 0 Å². The summed E-state index contributed by atoms with van der Waals surface area (Å²) in [7, 11) is 1.84. The predicted molar refractivity (Wildman–Crippen MR) is 54.3 cm³/mol. The first-order chi connectivity index (χ1) is 6.63. The molecule has 0 unspecified atom stereocenters. The Labute approximate surface area is 80.9 Å². The number of rotatable bonds is 1. The average Bonchev–Trinajstić information content (AvgIpc) is 2.41. The number of hydrogen-bond acceptors (Lipinski definition) is 2. The standard InChI is InChI=1S/C10H10N2O2/c1-7-10(12(13)14)8-5-3-4-6-9(8)11(7)2/h3-6H,1-2H3. The van der Waals surface area contributed by atoms with Crippen molar-refractivity contribution < 1.29 is 4.92 Å². The van der Waals surface area contributed by atoms with Crippen LogP contribution in [0.2, 0.25) is 0 Å². The number of benzene rings is 1. The first kappa shape index (κ1) is 8.74. The van der Waals surface area contributed by atoms with E-state index in [1.54, 1.807) is 13.0 Å². The predicted octanol–water partition coefficient (Wildman–Crippen LogP) is 2.39. The lowest BCUT2D eigenvalue weighted by Gasteiger charge is -1.95. The molecule has 0 fully saturated rings. The van der Waals surface area contributed by atoms with Crippen molar-refractivity contribution in [3.8, 4) is 0 Å². The molecule has 72 valence electrons. The van der Waals surface area contributed by atoms with Crippen LogP contribution >= 0.6 is 0 Å². The van der Waals surface area contributed by atoms with Crippen LogP contribution in [0.4, 0.5) is 5.69 Å². The van der Waals surface area contributed by atoms with E-state index in [0.717, 1.165) is 5.52 Å². The smallest absolute Gasteiger partial charge is 0.297 e. The molecule has 0 saturated heterocycles. The van der Waals surface area contributed by atoms with E-state index in [4.69, 9.17) is 0 Å². The Morgan fingerprint density at radius 2 is 2.00 bits per heavy atom. The quantitative estimate of drug-likeness (QED) is 0.512. The molecule has 0 amide bonds. The van der Waals surface area contributed by atoms with Gasteiger partial charge in [0.2, 0.25) is 0 Å². The minimum absolute atomic E-state index is 0.211. The molecule has 2 aromatic rings. The number of hydrogen-bond donors (Lipinski definition) is 0. The molecule has 14 heavy (non-hydrogen) atoms. The van der Waals surface area contributed by atoms with Crippen molar-refractivity contribution in [1.82, 2.24) is 4.57 Å². The SMILES string of the molecule is Cc1c([N+](=O)[O-])c2ccccc2n1C. The summed E-state index contributed by atoms with van der Waals surface area (Å²) >= 11 is 0. The zero-order valence-electron chi connectivity index (χ0n) is 8.02. The Morgan fingerprint density at radius 3 is 2.64 bits per heavy atom. The molecule has 4 nitrogen and oxygen atoms in total. The molecule has 1 heterocycles. The minimum Gasteiger partial charge on any atom is -0.342 e. The molecule has 0 radical (unpaired) electrons. The third kappa shape index (κ3) is 1.00. The molecule has 1 aromatic carbocycles. The van der Waals surface area contributed by atoms with Crippen LogP contribution < -0.4 is 0 Å². The summed E-state index contributed by atoms with van der Waals surface area (Å²) < 4.78 is 1.84. The highest BCUT2D eigenvalue weighted by Crippen LogP contribution is 2.30. The molecule has 0 aliphatic carbocycles. The Bertz CT molecular complexity index is 514. The van der Waals surface area contributed by atoms with Gasteiger partial charge in [-0.3, -0.25) is 10.1 Å². The topological polar surface area (TPSA) is 48.1 Å². The highest BCUT2D eigenvalue weighted by molar-refractivity contribution is 5.91. The highest BCUT2D eigenvalue weighted by atomic mass is 16.6. The van der Waals surface area contributed by atoms with E-state index in [2.05, 4.69) is 0 Å². The summed E-state index contributed by atoms with van der Waals surface area (Å²) in [6, 6.07) is 7.36. The van der Waals surface area contributed by atoms with Crippen molar-refractivity contribution in [2.24, 2.45) is 7.05 Å². The van der Waals surface area contributed by atoms with Gasteiger partial charge in [0.1, 0.15) is 0 Å². The molecule has 2 rings (SSSR count). The van der Waals surface area contributed by atoms with Crippen molar-refractivity contribution >= 4 is 16.6 Å². The molecule has 0 bridgehead atoms. The van der Waals surface area contributed by atoms with Gasteiger partial charge in [0.25, 0.3) is 5.69 Å². The van der Waals surface area contributed by atoms with Crippen LogP contribution in [0, 0.1) is 17.0 Å². The van der Waals surface area contributed by atoms with E-state index in [9.17, 15) is 10.1 Å². The molecule has 0 N–H and O–H groups in total. The lowest BCUT2D eigenvalue weighted by molar-refractivity contribution is -0.383. The third-order valence-electron chi connectivity index (χ3n) is 2.55. The van der Waals surface area contributed by atoms with Crippen molar-refractivity contribution in [1.29, 1.82) is 0 Å². The van der Waals surface area contributed by atoms with Crippen LogP contribution in [0.5, 0.6) is 0 Å². The Balaban J connectivity index is 2.95. The van der Waals surface area contributed by atoms with Gasteiger partial charge in [-0.25, -0.2) is 0 Å². The fraction of sp³-hybridized carbons (Fsp3) is 0.200. The summed E-state index contributed by atoms with van der Waals surface area (Å²) in [5.41, 5.74) is 1.80. The number of aromatic nitrogens is 1. The molecule has 0 aliphatic rings. The monoisotopic (exact) mass is 190 g/mol. The van der Waals surface area contributed by atoms with Crippen molar-refractivity contribution in [2.45, 2.75) is 6.92 Å². The van der Waals surface area contributed by atoms with Gasteiger partial charge in [-0.2, -0.15) is 0 Å². The maximum Gasteiger partial charge on any atom is 0.297 e. The molecular formula is C10H10N2O2. The van der Waals surface area contributed by atoms with Gasteiger partial charge in [-0.1, -0.05) is 12.1 Å². The summed E-state index contributed by atoms with van der Waals surface area (Å²) in [5, 5.41) is 11.5. The maximum atomic E-state index is 10.8. The number of nitro groups is 1. The van der Waals surface area contributed by atoms with Gasteiger partial charge in [0, 0.05) is 7.05 Å². The Hall–Kier alpha value is -1.84. The lowest BCUT2D eigenvalue weighted by Crippen LogP contribution is -1.93. The van der Waals surface area contributed by atoms with Crippen LogP contribution in [-0.2, 0) is 7.05 Å². The third-order valence-corrected chi connectivity index (χ3v) is 2.55. The van der Waals surface area contributed by atoms with Crippen molar-refractivity contribution in [2.75, 3.05) is 0 Å². The normalized spacial score (nSPS) is 10.7. The largest absolute Gasteiger partial charge is 0.342 e. The summed E-state index contributed by atoms with van der Waals surface area (Å²) in [6.45, 7) is 1.76. The van der Waals surface area contributed by atoms with E-state index in [0.29, 0.717) is 11.1 Å². The fourth-order valence-corrected chi connectivity index (χ4v) is 1.73. The minimum atomic E-state index is -0.322. The van der Waals surface area contributed by atoms with Crippen molar-refractivity contribution in [3.05, 3.63) is 40.1 Å². The fourth-order valence-electron chi connectivity index (χ4n) is 1.73. The molecule has 1 aromatic heterocycles. The summed E-state index contributed by atoms with van der Waals surface area (Å²) in [6.07, 6.45) is 0. The van der Waals surface area contributed by atoms with E-state index >= 15 is 0 Å². The van der Waals surface area contributed by atoms with Crippen LogP contribution in [-0.4, -0.2) is 9.49 Å². The van der Waals surface area contributed by atoms with Gasteiger partial charge in [0.15, 0.2) is 0 Å². The second-order valence-corrected chi connectivity index (χ2v) is 3.27. The van der Waals surface area contributed by atoms with Gasteiger partial charge in [-0.15, -0.1) is 0 Å². The Morgan fingerprint density at radius 1 is 1.36 bits per heavy atom. The van der Waals surface area contributed by atoms with E-state index in [1.807, 2.05) is 29.8 Å². The van der Waals surface area contributed by atoms with E-state index < -0.39 is 0 Å². The molecule has 0 spiro atoms. The molecular weight excluding hydrogens is 180 g/mol. The number of nitrogens with zero attached hydrogens (tertiary/aromatic N) is 2. The summed E-state index contributed by atoms with van der Waals surface area (Å²) in [4.78, 5) is 10.5. The Kier molecular flexibility index (Phi) is 1.77. The van der Waals surface area contributed by atoms with Gasteiger partial charge < -0.3 is 4.57 Å². The van der Waals surface area contributed by atoms with Gasteiger partial charge >= 0.3 is 0 Å². The molecule has 0 saturated carbocycles. The molecule has 0 atom stereocenters. The zero-order valence-corrected chi connectivity index (χ0v) is 8.02. The maximum absolute atomic E-state index is 10.8. The second-order valence-electron chi connectivity index (χ2n) is 3.27. The number of aryl methyl sites for hydroxylation is 1. The first-order valence-electron chi connectivity index (χ1n) is 4.31. The average molecular weight is 190 g/mol. The van der Waals surface area contributed by atoms with Gasteiger partial charge in [0.05, 0.1) is 21.5 Å². The number of fused-ring (bicyclic) bond motifs is 1. The van der Waals surface area contributed by atoms with Crippen LogP contribution in [0.1, 0.15) is 5.69 Å². The first-order valence-corrected chi connectivity index (χ1v) is 4.31.